The number of pyridine rings is 1. The number of nitro groups is 1. The molecule has 0 fully saturated rings. The lowest BCUT2D eigenvalue weighted by Crippen LogP contribution is -2.31. The van der Waals surface area contributed by atoms with Crippen LogP contribution in [0, 0.1) is 10.1 Å². The van der Waals surface area contributed by atoms with Crippen molar-refractivity contribution in [3.8, 4) is 0 Å². The molecule has 146 valence electrons. The van der Waals surface area contributed by atoms with Gasteiger partial charge in [-0.2, -0.15) is 0 Å². The predicted molar refractivity (Wildman–Crippen MR) is 101 cm³/mol. The number of rotatable bonds is 7. The van der Waals surface area contributed by atoms with Crippen molar-refractivity contribution in [3.63, 3.8) is 0 Å². The first-order valence-corrected chi connectivity index (χ1v) is 8.03. The lowest BCUT2D eigenvalue weighted by Gasteiger charge is -2.11. The third-order valence-corrected chi connectivity index (χ3v) is 3.59. The van der Waals surface area contributed by atoms with Crippen molar-refractivity contribution in [2.45, 2.75) is 0 Å². The van der Waals surface area contributed by atoms with Crippen LogP contribution >= 0.6 is 0 Å². The summed E-state index contributed by atoms with van der Waals surface area (Å²) in [4.78, 5) is 45.3. The van der Waals surface area contributed by atoms with E-state index in [0.29, 0.717) is 5.69 Å². The highest BCUT2D eigenvalue weighted by Crippen LogP contribution is 2.30. The van der Waals surface area contributed by atoms with Crippen LogP contribution in [-0.2, 0) is 0 Å². The molecule has 0 atom stereocenters. The Hall–Kier alpha value is -4.61. The Labute approximate surface area is 162 Å². The highest BCUT2D eigenvalue weighted by atomic mass is 16.6. The molecule has 12 heteroatoms. The van der Waals surface area contributed by atoms with Gasteiger partial charge in [-0.3, -0.25) is 30.7 Å². The lowest BCUT2D eigenvalue weighted by molar-refractivity contribution is -0.383. The minimum absolute atomic E-state index is 0.0623. The number of carbonyl (C=O) groups is 2. The molecule has 0 unspecified atom stereocenters. The van der Waals surface area contributed by atoms with Gasteiger partial charge in [0.1, 0.15) is 12.0 Å². The van der Waals surface area contributed by atoms with E-state index in [2.05, 4.69) is 31.1 Å². The predicted octanol–water partition coefficient (Wildman–Crippen LogP) is 1.98. The van der Waals surface area contributed by atoms with Crippen LogP contribution in [0.15, 0.2) is 55.0 Å². The average molecular weight is 395 g/mol. The molecule has 1 aromatic carbocycles. The molecule has 3 aromatic rings. The van der Waals surface area contributed by atoms with E-state index < -0.39 is 22.5 Å². The zero-order valence-electron chi connectivity index (χ0n) is 14.6. The number of hydrogen-bond acceptors (Lipinski definition) is 9. The molecule has 29 heavy (non-hydrogen) atoms. The summed E-state index contributed by atoms with van der Waals surface area (Å²) < 4.78 is 0. The van der Waals surface area contributed by atoms with Crippen LogP contribution in [0.5, 0.6) is 0 Å². The van der Waals surface area contributed by atoms with Crippen LogP contribution in [0.2, 0.25) is 0 Å². The maximum Gasteiger partial charge on any atom is 0.355 e. The first-order chi connectivity index (χ1) is 14.0. The fourth-order valence-electron chi connectivity index (χ4n) is 2.24. The standard InChI is InChI=1S/C17H13N7O5/c25-16(12-3-1-2-8-18-12)23-22-15-13(24(28)29)14(19-9-20-15)21-11-6-4-10(5-7-11)17(26)27/h1-9H,(H,23,25)(H,26,27)(H2,19,20,21,22). The van der Waals surface area contributed by atoms with E-state index in [0.717, 1.165) is 6.33 Å². The topological polar surface area (TPSA) is 172 Å². The van der Waals surface area contributed by atoms with Crippen LogP contribution in [0.4, 0.5) is 23.0 Å². The van der Waals surface area contributed by atoms with E-state index in [1.807, 2.05) is 0 Å². The first-order valence-electron chi connectivity index (χ1n) is 8.03. The van der Waals surface area contributed by atoms with Crippen molar-refractivity contribution >= 4 is 34.9 Å². The van der Waals surface area contributed by atoms with Gasteiger partial charge < -0.3 is 10.4 Å². The number of aromatic carboxylic acids is 1. The van der Waals surface area contributed by atoms with Crippen LogP contribution in [-0.4, -0.2) is 36.9 Å². The SMILES string of the molecule is O=C(O)c1ccc(Nc2ncnc(NNC(=O)c3ccccn3)c2[N+](=O)[O-])cc1. The number of anilines is 3. The molecule has 2 heterocycles. The van der Waals surface area contributed by atoms with E-state index in [4.69, 9.17) is 5.11 Å². The first kappa shape index (κ1) is 19.2. The van der Waals surface area contributed by atoms with Gasteiger partial charge in [-0.25, -0.2) is 14.8 Å². The molecule has 0 saturated heterocycles. The number of benzene rings is 1. The molecular formula is C17H13N7O5. The fraction of sp³-hybridized carbons (Fsp3) is 0. The molecule has 2 aromatic heterocycles. The van der Waals surface area contributed by atoms with Gasteiger partial charge >= 0.3 is 11.7 Å². The summed E-state index contributed by atoms with van der Waals surface area (Å²) in [6.45, 7) is 0. The lowest BCUT2D eigenvalue weighted by atomic mass is 10.2. The van der Waals surface area contributed by atoms with Gasteiger partial charge in [-0.15, -0.1) is 0 Å². The number of nitrogens with zero attached hydrogens (tertiary/aromatic N) is 4. The number of aromatic nitrogens is 3. The Morgan fingerprint density at radius 2 is 1.72 bits per heavy atom. The third-order valence-electron chi connectivity index (χ3n) is 3.59. The van der Waals surface area contributed by atoms with Gasteiger partial charge in [0.15, 0.2) is 0 Å². The second kappa shape index (κ2) is 8.39. The summed E-state index contributed by atoms with van der Waals surface area (Å²) in [6.07, 6.45) is 2.50. The van der Waals surface area contributed by atoms with Gasteiger partial charge in [0, 0.05) is 11.9 Å². The summed E-state index contributed by atoms with van der Waals surface area (Å²) in [5.74, 6) is -2.11. The summed E-state index contributed by atoms with van der Waals surface area (Å²) >= 11 is 0. The summed E-state index contributed by atoms with van der Waals surface area (Å²) in [7, 11) is 0. The minimum atomic E-state index is -1.10. The second-order valence-electron chi connectivity index (χ2n) is 5.48. The van der Waals surface area contributed by atoms with Gasteiger partial charge in [0.25, 0.3) is 5.91 Å². The summed E-state index contributed by atoms with van der Waals surface area (Å²) in [5.41, 5.74) is 4.70. The highest BCUT2D eigenvalue weighted by molar-refractivity contribution is 5.93. The Bertz CT molecular complexity index is 1060. The zero-order chi connectivity index (χ0) is 20.8. The quantitative estimate of drug-likeness (QED) is 0.342. The number of carboxylic acid groups (broad SMARTS) is 1. The largest absolute Gasteiger partial charge is 0.478 e. The molecule has 4 N–H and O–H groups in total. The van der Waals surface area contributed by atoms with Crippen LogP contribution in [0.3, 0.4) is 0 Å². The smallest absolute Gasteiger partial charge is 0.355 e. The van der Waals surface area contributed by atoms with E-state index >= 15 is 0 Å². The molecule has 1 amide bonds. The fourth-order valence-corrected chi connectivity index (χ4v) is 2.24. The Morgan fingerprint density at radius 3 is 2.34 bits per heavy atom. The second-order valence-corrected chi connectivity index (χ2v) is 5.48. The van der Waals surface area contributed by atoms with Gasteiger partial charge in [0.05, 0.1) is 10.5 Å². The van der Waals surface area contributed by atoms with Crippen molar-refractivity contribution in [1.29, 1.82) is 0 Å². The number of amides is 1. The van der Waals surface area contributed by atoms with Crippen molar-refractivity contribution in [2.24, 2.45) is 0 Å². The van der Waals surface area contributed by atoms with Crippen molar-refractivity contribution in [1.82, 2.24) is 20.4 Å². The molecule has 0 aliphatic heterocycles. The van der Waals surface area contributed by atoms with Crippen molar-refractivity contribution in [2.75, 3.05) is 10.7 Å². The molecular weight excluding hydrogens is 382 g/mol. The summed E-state index contributed by atoms with van der Waals surface area (Å²) in [5, 5.41) is 23.2. The van der Waals surface area contributed by atoms with Gasteiger partial charge in [-0.05, 0) is 36.4 Å². The number of nitrogens with one attached hydrogen (secondary N) is 3. The molecule has 0 bridgehead atoms. The number of hydrogen-bond donors (Lipinski definition) is 4. The maximum absolute atomic E-state index is 12.0. The van der Waals surface area contributed by atoms with Crippen LogP contribution in [0.1, 0.15) is 20.8 Å². The molecule has 3 rings (SSSR count). The van der Waals surface area contributed by atoms with Crippen molar-refractivity contribution in [3.05, 3.63) is 76.4 Å². The Kier molecular flexibility index (Phi) is 5.54. The number of carboxylic acids is 1. The molecule has 0 radical (unpaired) electrons. The van der Waals surface area contributed by atoms with Gasteiger partial charge in [-0.1, -0.05) is 6.07 Å². The highest BCUT2D eigenvalue weighted by Gasteiger charge is 2.24. The Balaban J connectivity index is 1.81. The Morgan fingerprint density at radius 1 is 1.00 bits per heavy atom. The molecule has 0 saturated carbocycles. The van der Waals surface area contributed by atoms with E-state index in [-0.39, 0.29) is 22.9 Å². The van der Waals surface area contributed by atoms with Crippen LogP contribution < -0.4 is 16.2 Å². The third kappa shape index (κ3) is 4.57. The maximum atomic E-state index is 12.0. The molecule has 12 nitrogen and oxygen atoms in total. The average Bonchev–Trinajstić information content (AvgIpc) is 2.73. The monoisotopic (exact) mass is 395 g/mol. The van der Waals surface area contributed by atoms with Crippen LogP contribution in [0.25, 0.3) is 0 Å². The molecule has 0 aliphatic carbocycles. The minimum Gasteiger partial charge on any atom is -0.478 e. The zero-order valence-corrected chi connectivity index (χ0v) is 14.6. The van der Waals surface area contributed by atoms with E-state index in [9.17, 15) is 19.7 Å². The van der Waals surface area contributed by atoms with E-state index in [1.54, 1.807) is 12.1 Å². The van der Waals surface area contributed by atoms with Gasteiger partial charge in [0.2, 0.25) is 11.6 Å². The van der Waals surface area contributed by atoms with Crippen molar-refractivity contribution < 1.29 is 19.6 Å². The normalized spacial score (nSPS) is 10.1. The molecule has 0 spiro atoms. The summed E-state index contributed by atoms with van der Waals surface area (Å²) in [6, 6.07) is 10.3. The molecule has 0 aliphatic rings. The van der Waals surface area contributed by atoms with E-state index in [1.165, 1.54) is 36.5 Å². The number of carbonyl (C=O) groups excluding carboxylic acids is 1. The number of hydrazine groups is 1.